The van der Waals surface area contributed by atoms with Crippen molar-refractivity contribution in [3.8, 4) is 0 Å². The van der Waals surface area contributed by atoms with E-state index in [-0.39, 0.29) is 6.61 Å². The van der Waals surface area contributed by atoms with Gasteiger partial charge in [0.2, 0.25) is 0 Å². The van der Waals surface area contributed by atoms with Crippen LogP contribution in [0.4, 0.5) is 0 Å². The first-order chi connectivity index (χ1) is 5.91. The third-order valence-electron chi connectivity index (χ3n) is 1.68. The Labute approximate surface area is 75.8 Å². The predicted octanol–water partition coefficient (Wildman–Crippen LogP) is 3.50. The summed E-state index contributed by atoms with van der Waals surface area (Å²) >= 11 is 0. The molecule has 12 heavy (non-hydrogen) atoms. The van der Waals surface area contributed by atoms with E-state index in [2.05, 4.69) is 19.1 Å². The molecule has 0 heterocycles. The average Bonchev–Trinajstić information content (AvgIpc) is 2.10. The number of rotatable bonds is 7. The van der Waals surface area contributed by atoms with Crippen molar-refractivity contribution in [2.75, 3.05) is 6.61 Å². The molecule has 1 heteroatoms. The summed E-state index contributed by atoms with van der Waals surface area (Å²) in [5.41, 5.74) is 0. The standard InChI is InChI=1S/C11H19O/c1-2-3-4-5-6-7-8-9-10-11-12/h6-7,9-10H,2-5,8,11H2,1H3. The van der Waals surface area contributed by atoms with E-state index in [1.807, 2.05) is 6.08 Å². The fourth-order valence-corrected chi connectivity index (χ4v) is 0.969. The van der Waals surface area contributed by atoms with Gasteiger partial charge >= 0.3 is 0 Å². The molecule has 0 spiro atoms. The number of hydrogen-bond donors (Lipinski definition) is 0. The Morgan fingerprint density at radius 2 is 1.75 bits per heavy atom. The van der Waals surface area contributed by atoms with E-state index >= 15 is 0 Å². The maximum absolute atomic E-state index is 9.99. The summed E-state index contributed by atoms with van der Waals surface area (Å²) in [5, 5.41) is 9.99. The van der Waals surface area contributed by atoms with Crippen molar-refractivity contribution in [1.29, 1.82) is 0 Å². The van der Waals surface area contributed by atoms with E-state index < -0.39 is 0 Å². The molecule has 0 aromatic carbocycles. The normalized spacial score (nSPS) is 11.8. The highest BCUT2D eigenvalue weighted by Gasteiger charge is 1.80. The van der Waals surface area contributed by atoms with Gasteiger partial charge in [-0.25, -0.2) is 5.11 Å². The summed E-state index contributed by atoms with van der Waals surface area (Å²) in [4.78, 5) is 0. The summed E-state index contributed by atoms with van der Waals surface area (Å²) in [5.74, 6) is 0. The van der Waals surface area contributed by atoms with Gasteiger partial charge in [-0.2, -0.15) is 0 Å². The van der Waals surface area contributed by atoms with Crippen molar-refractivity contribution in [3.63, 3.8) is 0 Å². The van der Waals surface area contributed by atoms with Crippen LogP contribution in [0.3, 0.4) is 0 Å². The monoisotopic (exact) mass is 167 g/mol. The minimum Gasteiger partial charge on any atom is -0.232 e. The van der Waals surface area contributed by atoms with Crippen LogP contribution >= 0.6 is 0 Å². The second-order valence-electron chi connectivity index (χ2n) is 2.84. The van der Waals surface area contributed by atoms with Gasteiger partial charge in [0.1, 0.15) is 6.61 Å². The van der Waals surface area contributed by atoms with E-state index in [1.54, 1.807) is 6.08 Å². The Morgan fingerprint density at radius 3 is 2.42 bits per heavy atom. The molecule has 0 saturated carbocycles. The molecular formula is C11H19O. The molecule has 0 atom stereocenters. The van der Waals surface area contributed by atoms with E-state index in [4.69, 9.17) is 0 Å². The van der Waals surface area contributed by atoms with Crippen molar-refractivity contribution in [3.05, 3.63) is 24.3 Å². The Bertz CT molecular complexity index is 125. The van der Waals surface area contributed by atoms with Crippen LogP contribution in [-0.2, 0) is 5.11 Å². The number of unbranched alkanes of at least 4 members (excludes halogenated alkanes) is 3. The van der Waals surface area contributed by atoms with Crippen molar-refractivity contribution in [2.45, 2.75) is 39.0 Å². The third-order valence-corrected chi connectivity index (χ3v) is 1.68. The minimum absolute atomic E-state index is 0.0936. The van der Waals surface area contributed by atoms with Gasteiger partial charge in [-0.3, -0.25) is 0 Å². The van der Waals surface area contributed by atoms with Gasteiger partial charge in [-0.1, -0.05) is 44.1 Å². The lowest BCUT2D eigenvalue weighted by molar-refractivity contribution is 0.232. The van der Waals surface area contributed by atoms with Crippen molar-refractivity contribution in [1.82, 2.24) is 0 Å². The summed E-state index contributed by atoms with van der Waals surface area (Å²) in [7, 11) is 0. The first-order valence-corrected chi connectivity index (χ1v) is 4.80. The SMILES string of the molecule is CCCCCC=CCC=CC[O]. The maximum Gasteiger partial charge on any atom is 0.100 e. The molecule has 1 radical (unpaired) electrons. The second-order valence-corrected chi connectivity index (χ2v) is 2.84. The molecule has 0 N–H and O–H groups in total. The lowest BCUT2D eigenvalue weighted by Crippen LogP contribution is -1.71. The van der Waals surface area contributed by atoms with E-state index in [0.717, 1.165) is 6.42 Å². The van der Waals surface area contributed by atoms with Crippen molar-refractivity contribution < 1.29 is 5.11 Å². The summed E-state index contributed by atoms with van der Waals surface area (Å²) in [6, 6.07) is 0. The first-order valence-electron chi connectivity index (χ1n) is 4.80. The van der Waals surface area contributed by atoms with Crippen LogP contribution in [0.1, 0.15) is 39.0 Å². The quantitative estimate of drug-likeness (QED) is 0.408. The van der Waals surface area contributed by atoms with Crippen LogP contribution in [0, 0.1) is 0 Å². The van der Waals surface area contributed by atoms with Crippen LogP contribution in [0.15, 0.2) is 24.3 Å². The average molecular weight is 167 g/mol. The molecule has 0 aliphatic heterocycles. The van der Waals surface area contributed by atoms with Gasteiger partial charge in [-0.05, 0) is 19.3 Å². The predicted molar refractivity (Wildman–Crippen MR) is 52.6 cm³/mol. The molecule has 0 aliphatic carbocycles. The lowest BCUT2D eigenvalue weighted by Gasteiger charge is -1.90. The summed E-state index contributed by atoms with van der Waals surface area (Å²) < 4.78 is 0. The van der Waals surface area contributed by atoms with Crippen LogP contribution < -0.4 is 0 Å². The van der Waals surface area contributed by atoms with E-state index in [1.165, 1.54) is 25.7 Å². The zero-order chi connectivity index (χ0) is 9.07. The summed E-state index contributed by atoms with van der Waals surface area (Å²) in [6.45, 7) is 2.12. The van der Waals surface area contributed by atoms with Crippen LogP contribution in [-0.4, -0.2) is 6.61 Å². The number of hydrogen-bond acceptors (Lipinski definition) is 0. The third kappa shape index (κ3) is 9.44. The fourth-order valence-electron chi connectivity index (χ4n) is 0.969. The molecular weight excluding hydrogens is 148 g/mol. The molecule has 0 fully saturated rings. The topological polar surface area (TPSA) is 19.9 Å². The molecule has 0 aromatic rings. The molecule has 0 rings (SSSR count). The lowest BCUT2D eigenvalue weighted by atomic mass is 10.2. The smallest absolute Gasteiger partial charge is 0.100 e. The summed E-state index contributed by atoms with van der Waals surface area (Å²) in [6.07, 6.45) is 13.9. The van der Waals surface area contributed by atoms with Crippen LogP contribution in [0.5, 0.6) is 0 Å². The van der Waals surface area contributed by atoms with Gasteiger partial charge in [-0.15, -0.1) is 0 Å². The fraction of sp³-hybridized carbons (Fsp3) is 0.636. The van der Waals surface area contributed by atoms with Crippen molar-refractivity contribution >= 4 is 0 Å². The van der Waals surface area contributed by atoms with Gasteiger partial charge in [0.25, 0.3) is 0 Å². The zero-order valence-corrected chi connectivity index (χ0v) is 7.96. The van der Waals surface area contributed by atoms with Gasteiger partial charge in [0, 0.05) is 0 Å². The van der Waals surface area contributed by atoms with Crippen LogP contribution in [0.25, 0.3) is 0 Å². The Kier molecular flexibility index (Phi) is 9.95. The molecule has 0 saturated heterocycles. The molecule has 69 valence electrons. The van der Waals surface area contributed by atoms with Gasteiger partial charge < -0.3 is 0 Å². The van der Waals surface area contributed by atoms with Crippen LogP contribution in [0.2, 0.25) is 0 Å². The van der Waals surface area contributed by atoms with E-state index in [0.29, 0.717) is 0 Å². The molecule has 0 aromatic heterocycles. The first kappa shape index (κ1) is 11.4. The highest BCUT2D eigenvalue weighted by atomic mass is 16.2. The largest absolute Gasteiger partial charge is 0.232 e. The minimum atomic E-state index is -0.0936. The maximum atomic E-state index is 9.99. The molecule has 0 unspecified atom stereocenters. The Morgan fingerprint density at radius 1 is 1.00 bits per heavy atom. The number of allylic oxidation sites excluding steroid dienone is 3. The highest BCUT2D eigenvalue weighted by Crippen LogP contribution is 2.00. The highest BCUT2D eigenvalue weighted by molar-refractivity contribution is 4.92. The van der Waals surface area contributed by atoms with Gasteiger partial charge in [0.05, 0.1) is 0 Å². The van der Waals surface area contributed by atoms with E-state index in [9.17, 15) is 5.11 Å². The Hall–Kier alpha value is -0.560. The Balaban J connectivity index is 3.08. The molecule has 0 aliphatic rings. The molecule has 0 bridgehead atoms. The second kappa shape index (κ2) is 10.4. The van der Waals surface area contributed by atoms with Crippen molar-refractivity contribution in [2.24, 2.45) is 0 Å². The van der Waals surface area contributed by atoms with Gasteiger partial charge in [0.15, 0.2) is 0 Å². The molecule has 1 nitrogen and oxygen atoms in total. The zero-order valence-electron chi connectivity index (χ0n) is 7.96. The molecule has 0 amide bonds.